The van der Waals surface area contributed by atoms with E-state index in [0.29, 0.717) is 0 Å². The van der Waals surface area contributed by atoms with Gasteiger partial charge in [-0.25, -0.2) is 18.0 Å². The fourth-order valence-electron chi connectivity index (χ4n) is 1.65. The summed E-state index contributed by atoms with van der Waals surface area (Å²) in [4.78, 5) is 34.4. The Morgan fingerprint density at radius 3 is 1.81 bits per heavy atom. The van der Waals surface area contributed by atoms with Crippen LogP contribution in [0.3, 0.4) is 0 Å². The molecule has 0 spiro atoms. The third kappa shape index (κ3) is 6.50. The molecule has 0 bridgehead atoms. The van der Waals surface area contributed by atoms with Crippen LogP contribution in [0, 0.1) is 29.1 Å². The van der Waals surface area contributed by atoms with Crippen LogP contribution >= 0.6 is 0 Å². The molecule has 0 heterocycles. The molecule has 1 rings (SSSR count). The number of carbonyl (C=O) groups is 3. The third-order valence-electron chi connectivity index (χ3n) is 2.82. The minimum absolute atomic E-state index is 0.495. The molecule has 1 aromatic rings. The highest BCUT2D eigenvalue weighted by atomic mass is 19.2. The molecular weight excluding hydrogens is 381 g/mol. The molecule has 11 heteroatoms. The van der Waals surface area contributed by atoms with Crippen molar-refractivity contribution < 1.29 is 45.8 Å². The number of benzene rings is 1. The van der Waals surface area contributed by atoms with E-state index in [1.165, 1.54) is 0 Å². The zero-order valence-corrected chi connectivity index (χ0v) is 14.6. The van der Waals surface area contributed by atoms with Crippen molar-refractivity contribution in [3.63, 3.8) is 0 Å². The molecule has 1 amide bonds. The Morgan fingerprint density at radius 2 is 1.33 bits per heavy atom. The summed E-state index contributed by atoms with van der Waals surface area (Å²) in [6.45, 7) is 4.31. The van der Waals surface area contributed by atoms with E-state index < -0.39 is 77.7 Å². The van der Waals surface area contributed by atoms with Gasteiger partial charge in [0.15, 0.2) is 5.78 Å². The molecule has 1 N–H and O–H groups in total. The normalized spacial score (nSPS) is 11.1. The molecule has 0 atom stereocenters. The Labute approximate surface area is 150 Å². The number of Topliss-reactive ketones (excluding diaryl/α,β-unsaturated/α-hetero) is 1. The van der Waals surface area contributed by atoms with Gasteiger partial charge in [0.05, 0.1) is 13.0 Å². The number of ether oxygens (including phenoxy) is 2. The first-order chi connectivity index (χ1) is 12.3. The van der Waals surface area contributed by atoms with Crippen LogP contribution in [-0.4, -0.2) is 30.0 Å². The van der Waals surface area contributed by atoms with Gasteiger partial charge in [-0.3, -0.25) is 9.59 Å². The fourth-order valence-corrected chi connectivity index (χ4v) is 1.65. The minimum Gasteiger partial charge on any atom is -0.444 e. The van der Waals surface area contributed by atoms with Crippen molar-refractivity contribution in [2.45, 2.75) is 39.2 Å². The van der Waals surface area contributed by atoms with E-state index in [4.69, 9.17) is 4.74 Å². The lowest BCUT2D eigenvalue weighted by Gasteiger charge is -2.19. The molecule has 150 valence electrons. The smallest absolute Gasteiger partial charge is 0.408 e. The number of esters is 1. The van der Waals surface area contributed by atoms with Crippen LogP contribution < -0.4 is 10.1 Å². The molecule has 6 nitrogen and oxygen atoms in total. The summed E-state index contributed by atoms with van der Waals surface area (Å²) in [6, 6.07) is 0. The quantitative estimate of drug-likeness (QED) is 0.262. The van der Waals surface area contributed by atoms with Gasteiger partial charge in [0, 0.05) is 6.42 Å². The Morgan fingerprint density at radius 1 is 0.852 bits per heavy atom. The summed E-state index contributed by atoms with van der Waals surface area (Å²) in [7, 11) is 0. The minimum atomic E-state index is -2.40. The van der Waals surface area contributed by atoms with E-state index in [2.05, 4.69) is 10.1 Å². The number of carbonyl (C=O) groups excluding carboxylic acids is 3. The second-order valence-corrected chi connectivity index (χ2v) is 6.27. The Balaban J connectivity index is 2.57. The van der Waals surface area contributed by atoms with Gasteiger partial charge in [0.25, 0.3) is 0 Å². The van der Waals surface area contributed by atoms with Gasteiger partial charge in [-0.1, -0.05) is 0 Å². The van der Waals surface area contributed by atoms with Gasteiger partial charge in [-0.05, 0) is 20.8 Å². The number of rotatable bonds is 6. The van der Waals surface area contributed by atoms with Crippen LogP contribution in [0.25, 0.3) is 0 Å². The van der Waals surface area contributed by atoms with E-state index in [9.17, 15) is 36.3 Å². The van der Waals surface area contributed by atoms with E-state index in [-0.39, 0.29) is 0 Å². The molecule has 0 fully saturated rings. The van der Waals surface area contributed by atoms with Crippen molar-refractivity contribution in [2.75, 3.05) is 6.54 Å². The first kappa shape index (κ1) is 22.3. The van der Waals surface area contributed by atoms with Crippen molar-refractivity contribution in [1.29, 1.82) is 0 Å². The van der Waals surface area contributed by atoms with Gasteiger partial charge >= 0.3 is 12.1 Å². The van der Waals surface area contributed by atoms with Gasteiger partial charge in [0.1, 0.15) is 5.60 Å². The van der Waals surface area contributed by atoms with Gasteiger partial charge < -0.3 is 14.8 Å². The predicted octanol–water partition coefficient (Wildman–Crippen LogP) is 3.16. The van der Waals surface area contributed by atoms with Gasteiger partial charge in [0.2, 0.25) is 34.8 Å². The lowest BCUT2D eigenvalue weighted by atomic mass is 10.2. The summed E-state index contributed by atoms with van der Waals surface area (Å²) in [5, 5.41) is 2.13. The monoisotopic (exact) mass is 397 g/mol. The summed E-state index contributed by atoms with van der Waals surface area (Å²) < 4.78 is 74.7. The molecular formula is C16H16F5NO5. The second-order valence-electron chi connectivity index (χ2n) is 6.27. The summed E-state index contributed by atoms with van der Waals surface area (Å²) >= 11 is 0. The molecule has 0 saturated carbocycles. The highest BCUT2D eigenvalue weighted by Crippen LogP contribution is 2.29. The average molecular weight is 397 g/mol. The lowest BCUT2D eigenvalue weighted by Crippen LogP contribution is -2.35. The van der Waals surface area contributed by atoms with E-state index >= 15 is 0 Å². The predicted molar refractivity (Wildman–Crippen MR) is 80.3 cm³/mol. The van der Waals surface area contributed by atoms with E-state index in [1.54, 1.807) is 20.8 Å². The highest BCUT2D eigenvalue weighted by Gasteiger charge is 2.28. The average Bonchev–Trinajstić information content (AvgIpc) is 2.57. The van der Waals surface area contributed by atoms with Crippen molar-refractivity contribution >= 4 is 17.8 Å². The number of hydrogen-bond donors (Lipinski definition) is 1. The van der Waals surface area contributed by atoms with Crippen LogP contribution in [0.2, 0.25) is 0 Å². The topological polar surface area (TPSA) is 81.7 Å². The zero-order valence-electron chi connectivity index (χ0n) is 14.6. The number of halogens is 5. The maximum atomic E-state index is 13.4. The number of nitrogens with one attached hydrogen (secondary N) is 1. The molecule has 1 aromatic carbocycles. The Kier molecular flexibility index (Phi) is 7.26. The maximum Gasteiger partial charge on any atom is 0.408 e. The number of ketones is 1. The lowest BCUT2D eigenvalue weighted by molar-refractivity contribution is -0.136. The third-order valence-corrected chi connectivity index (χ3v) is 2.82. The molecule has 0 aliphatic rings. The number of alkyl carbamates (subject to hydrolysis) is 1. The summed E-state index contributed by atoms with van der Waals surface area (Å²) in [5.41, 5.74) is -0.787. The SMILES string of the molecule is CC(C)(C)OC(=O)NCC(=O)CCC(=O)Oc1c(F)c(F)c(F)c(F)c1F. The zero-order chi connectivity index (χ0) is 20.9. The van der Waals surface area contributed by atoms with E-state index in [0.717, 1.165) is 0 Å². The largest absolute Gasteiger partial charge is 0.444 e. The Bertz CT molecular complexity index is 732. The number of amides is 1. The van der Waals surface area contributed by atoms with Crippen LogP contribution in [0.5, 0.6) is 5.75 Å². The van der Waals surface area contributed by atoms with E-state index in [1.807, 2.05) is 0 Å². The standard InChI is InChI=1S/C16H16F5NO5/c1-16(2,3)27-15(25)22-6-7(23)4-5-8(24)26-14-12(20)10(18)9(17)11(19)13(14)21/h4-6H2,1-3H3,(H,22,25). The van der Waals surface area contributed by atoms with Crippen LogP contribution in [0.1, 0.15) is 33.6 Å². The van der Waals surface area contributed by atoms with Crippen molar-refractivity contribution in [1.82, 2.24) is 5.32 Å². The maximum absolute atomic E-state index is 13.4. The molecule has 0 aliphatic heterocycles. The first-order valence-electron chi connectivity index (χ1n) is 7.54. The second kappa shape index (κ2) is 8.78. The molecule has 0 radical (unpaired) electrons. The molecule has 0 unspecified atom stereocenters. The summed E-state index contributed by atoms with van der Waals surface area (Å²) in [5.74, 6) is -15.4. The number of hydrogen-bond acceptors (Lipinski definition) is 5. The molecule has 0 aliphatic carbocycles. The van der Waals surface area contributed by atoms with Gasteiger partial charge in [-0.2, -0.15) is 8.78 Å². The highest BCUT2D eigenvalue weighted by molar-refractivity contribution is 5.87. The Hall–Kier alpha value is -2.72. The van der Waals surface area contributed by atoms with Gasteiger partial charge in [-0.15, -0.1) is 0 Å². The van der Waals surface area contributed by atoms with Crippen LogP contribution in [0.15, 0.2) is 0 Å². The van der Waals surface area contributed by atoms with Crippen molar-refractivity contribution in [2.24, 2.45) is 0 Å². The fraction of sp³-hybridized carbons (Fsp3) is 0.438. The molecule has 27 heavy (non-hydrogen) atoms. The van der Waals surface area contributed by atoms with Crippen molar-refractivity contribution in [3.8, 4) is 5.75 Å². The van der Waals surface area contributed by atoms with Crippen molar-refractivity contribution in [3.05, 3.63) is 29.1 Å². The summed E-state index contributed by atoms with van der Waals surface area (Å²) in [6.07, 6.45) is -2.10. The first-order valence-corrected chi connectivity index (χ1v) is 7.54. The molecule has 0 saturated heterocycles. The van der Waals surface area contributed by atoms with Crippen LogP contribution in [0.4, 0.5) is 26.7 Å². The van der Waals surface area contributed by atoms with Crippen LogP contribution in [-0.2, 0) is 14.3 Å². The molecule has 0 aromatic heterocycles.